The van der Waals surface area contributed by atoms with Crippen LogP contribution in [0.15, 0.2) is 18.5 Å². The molecule has 1 N–H and O–H groups in total. The summed E-state index contributed by atoms with van der Waals surface area (Å²) >= 11 is 0. The Kier molecular flexibility index (Phi) is 5.07. The van der Waals surface area contributed by atoms with Crippen molar-refractivity contribution in [2.24, 2.45) is 0 Å². The van der Waals surface area contributed by atoms with E-state index < -0.39 is 0 Å². The zero-order valence-electron chi connectivity index (χ0n) is 13.1. The predicted octanol–water partition coefficient (Wildman–Crippen LogP) is 0.269. The van der Waals surface area contributed by atoms with Crippen molar-refractivity contribution in [2.45, 2.75) is 18.9 Å². The van der Waals surface area contributed by atoms with Crippen LogP contribution in [-0.4, -0.2) is 67.6 Å². The van der Waals surface area contributed by atoms with Gasteiger partial charge in [0.25, 0.3) is 5.91 Å². The molecule has 2 aliphatic heterocycles. The number of piperazine rings is 1. The molecule has 1 atom stereocenters. The van der Waals surface area contributed by atoms with E-state index in [0.717, 1.165) is 44.6 Å². The van der Waals surface area contributed by atoms with Crippen LogP contribution in [0.25, 0.3) is 0 Å². The molecule has 1 unspecified atom stereocenters. The van der Waals surface area contributed by atoms with Crippen LogP contribution in [0.3, 0.4) is 0 Å². The molecule has 0 radical (unpaired) electrons. The predicted molar refractivity (Wildman–Crippen MR) is 85.4 cm³/mol. The highest BCUT2D eigenvalue weighted by molar-refractivity contribution is 5.94. The van der Waals surface area contributed by atoms with Crippen LogP contribution in [0.1, 0.15) is 23.2 Å². The maximum absolute atomic E-state index is 12.3. The number of anilines is 1. The van der Waals surface area contributed by atoms with Crippen molar-refractivity contribution in [3.05, 3.63) is 24.0 Å². The van der Waals surface area contributed by atoms with E-state index in [2.05, 4.69) is 15.2 Å². The van der Waals surface area contributed by atoms with Gasteiger partial charge in [0.15, 0.2) is 0 Å². The van der Waals surface area contributed by atoms with Gasteiger partial charge in [-0.3, -0.25) is 14.6 Å². The monoisotopic (exact) mass is 318 g/mol. The Bertz CT molecular complexity index is 552. The van der Waals surface area contributed by atoms with Gasteiger partial charge in [0.1, 0.15) is 0 Å². The molecule has 2 saturated heterocycles. The van der Waals surface area contributed by atoms with Crippen LogP contribution in [0.4, 0.5) is 5.69 Å². The number of pyridine rings is 1. The molecule has 0 aromatic carbocycles. The van der Waals surface area contributed by atoms with Gasteiger partial charge in [-0.15, -0.1) is 0 Å². The molecule has 2 aliphatic rings. The molecule has 0 aliphatic carbocycles. The third-order valence-corrected chi connectivity index (χ3v) is 4.33. The molecular formula is C16H22N4O3. The molecule has 1 aromatic rings. The first kappa shape index (κ1) is 15.7. The first-order valence-electron chi connectivity index (χ1n) is 8.05. The minimum Gasteiger partial charge on any atom is -0.376 e. The fourth-order valence-corrected chi connectivity index (χ4v) is 2.92. The van der Waals surface area contributed by atoms with Crippen molar-refractivity contribution in [3.63, 3.8) is 0 Å². The lowest BCUT2D eigenvalue weighted by Gasteiger charge is -2.34. The Morgan fingerprint density at radius 1 is 1.35 bits per heavy atom. The quantitative estimate of drug-likeness (QED) is 0.789. The summed E-state index contributed by atoms with van der Waals surface area (Å²) < 4.78 is 5.51. The molecule has 124 valence electrons. The van der Waals surface area contributed by atoms with Gasteiger partial charge in [-0.25, -0.2) is 0 Å². The fraction of sp³-hybridized carbons (Fsp3) is 0.562. The highest BCUT2D eigenvalue weighted by Crippen LogP contribution is 2.17. The van der Waals surface area contributed by atoms with Gasteiger partial charge in [-0.2, -0.15) is 0 Å². The van der Waals surface area contributed by atoms with Gasteiger partial charge in [0, 0.05) is 45.5 Å². The van der Waals surface area contributed by atoms with E-state index in [1.54, 1.807) is 17.3 Å². The van der Waals surface area contributed by atoms with E-state index in [1.807, 2.05) is 6.07 Å². The van der Waals surface area contributed by atoms with Crippen LogP contribution in [0.2, 0.25) is 0 Å². The van der Waals surface area contributed by atoms with Gasteiger partial charge in [0.2, 0.25) is 6.41 Å². The van der Waals surface area contributed by atoms with Gasteiger partial charge in [-0.05, 0) is 18.9 Å². The smallest absolute Gasteiger partial charge is 0.253 e. The number of amides is 2. The second kappa shape index (κ2) is 7.41. The average Bonchev–Trinajstić information content (AvgIpc) is 3.13. The number of hydrogen-bond donors (Lipinski definition) is 1. The van der Waals surface area contributed by atoms with Crippen LogP contribution >= 0.6 is 0 Å². The number of carbonyl (C=O) groups excluding carboxylic acids is 2. The summed E-state index contributed by atoms with van der Waals surface area (Å²) in [5.74, 6) is -0.124. The Morgan fingerprint density at radius 3 is 2.87 bits per heavy atom. The summed E-state index contributed by atoms with van der Waals surface area (Å²) in [7, 11) is 0. The van der Waals surface area contributed by atoms with Gasteiger partial charge >= 0.3 is 0 Å². The van der Waals surface area contributed by atoms with Crippen molar-refractivity contribution in [3.8, 4) is 0 Å². The zero-order chi connectivity index (χ0) is 16.1. The second-order valence-corrected chi connectivity index (χ2v) is 5.91. The number of nitrogens with one attached hydrogen (secondary N) is 1. The van der Waals surface area contributed by atoms with Crippen molar-refractivity contribution in [2.75, 3.05) is 44.2 Å². The van der Waals surface area contributed by atoms with E-state index in [9.17, 15) is 9.59 Å². The molecule has 3 rings (SSSR count). The number of rotatable bonds is 5. The minimum atomic E-state index is -0.124. The Morgan fingerprint density at radius 2 is 2.17 bits per heavy atom. The molecule has 2 amide bonds. The second-order valence-electron chi connectivity index (χ2n) is 5.91. The van der Waals surface area contributed by atoms with Crippen molar-refractivity contribution in [1.82, 2.24) is 15.2 Å². The topological polar surface area (TPSA) is 74.8 Å². The Labute approximate surface area is 135 Å². The average molecular weight is 318 g/mol. The molecular weight excluding hydrogens is 296 g/mol. The van der Waals surface area contributed by atoms with Crippen LogP contribution in [0.5, 0.6) is 0 Å². The molecule has 0 saturated carbocycles. The number of nitrogens with zero attached hydrogens (tertiary/aromatic N) is 3. The lowest BCUT2D eigenvalue weighted by molar-refractivity contribution is -0.118. The van der Waals surface area contributed by atoms with E-state index in [-0.39, 0.29) is 12.0 Å². The summed E-state index contributed by atoms with van der Waals surface area (Å²) in [5.41, 5.74) is 1.47. The van der Waals surface area contributed by atoms with Crippen molar-refractivity contribution >= 4 is 18.0 Å². The molecule has 3 heterocycles. The van der Waals surface area contributed by atoms with E-state index >= 15 is 0 Å². The normalized spacial score (nSPS) is 21.3. The van der Waals surface area contributed by atoms with Crippen LogP contribution in [0, 0.1) is 0 Å². The molecule has 7 heteroatoms. The summed E-state index contributed by atoms with van der Waals surface area (Å²) in [6.45, 7) is 4.21. The highest BCUT2D eigenvalue weighted by atomic mass is 16.5. The standard InChI is InChI=1S/C16H22N4O3/c21-12-19-3-5-20(6-4-19)14-8-13(9-17-10-14)16(22)18-11-15-2-1-7-23-15/h8-10,12,15H,1-7,11H2,(H,18,22). The fourth-order valence-electron chi connectivity index (χ4n) is 2.92. The SMILES string of the molecule is O=CN1CCN(c2cncc(C(=O)NCC3CCCO3)c2)CC1. The molecule has 2 fully saturated rings. The molecule has 0 bridgehead atoms. The first-order valence-corrected chi connectivity index (χ1v) is 8.05. The van der Waals surface area contributed by atoms with Crippen molar-refractivity contribution < 1.29 is 14.3 Å². The summed E-state index contributed by atoms with van der Waals surface area (Å²) in [6.07, 6.45) is 6.41. The van der Waals surface area contributed by atoms with E-state index in [1.165, 1.54) is 0 Å². The highest BCUT2D eigenvalue weighted by Gasteiger charge is 2.19. The molecule has 7 nitrogen and oxygen atoms in total. The van der Waals surface area contributed by atoms with Gasteiger partial charge in [-0.1, -0.05) is 0 Å². The first-order chi connectivity index (χ1) is 11.3. The molecule has 23 heavy (non-hydrogen) atoms. The largest absolute Gasteiger partial charge is 0.376 e. The van der Waals surface area contributed by atoms with Crippen LogP contribution in [-0.2, 0) is 9.53 Å². The Hall–Kier alpha value is -2.15. The minimum absolute atomic E-state index is 0.124. The maximum atomic E-state index is 12.3. The number of hydrogen-bond acceptors (Lipinski definition) is 5. The zero-order valence-corrected chi connectivity index (χ0v) is 13.1. The maximum Gasteiger partial charge on any atom is 0.253 e. The number of carbonyl (C=O) groups is 2. The summed E-state index contributed by atoms with van der Waals surface area (Å²) in [4.78, 5) is 31.1. The third kappa shape index (κ3) is 3.98. The molecule has 1 aromatic heterocycles. The summed E-state index contributed by atoms with van der Waals surface area (Å²) in [6, 6.07) is 1.86. The van der Waals surface area contributed by atoms with Gasteiger partial charge in [0.05, 0.1) is 23.6 Å². The Balaban J connectivity index is 1.58. The van der Waals surface area contributed by atoms with Crippen molar-refractivity contribution in [1.29, 1.82) is 0 Å². The van der Waals surface area contributed by atoms with Crippen LogP contribution < -0.4 is 10.2 Å². The van der Waals surface area contributed by atoms with Gasteiger partial charge < -0.3 is 19.9 Å². The third-order valence-electron chi connectivity index (χ3n) is 4.33. The summed E-state index contributed by atoms with van der Waals surface area (Å²) in [5, 5.41) is 2.91. The number of aromatic nitrogens is 1. The van der Waals surface area contributed by atoms with E-state index in [0.29, 0.717) is 25.2 Å². The number of ether oxygens (including phenoxy) is 1. The lowest BCUT2D eigenvalue weighted by Crippen LogP contribution is -2.45. The van der Waals surface area contributed by atoms with E-state index in [4.69, 9.17) is 4.74 Å². The molecule has 0 spiro atoms. The lowest BCUT2D eigenvalue weighted by atomic mass is 10.2.